The van der Waals surface area contributed by atoms with Crippen LogP contribution in [0, 0.1) is 0 Å². The molecular weight excluding hydrogens is 355 g/mol. The highest BCUT2D eigenvalue weighted by molar-refractivity contribution is 9.10. The molecule has 0 aliphatic heterocycles. The first-order chi connectivity index (χ1) is 9.85. The number of aromatic nitrogens is 2. The molecule has 1 heterocycles. The summed E-state index contributed by atoms with van der Waals surface area (Å²) in [6.07, 6.45) is -1.62. The molecule has 0 spiro atoms. The lowest BCUT2D eigenvalue weighted by Crippen LogP contribution is -2.31. The van der Waals surface area contributed by atoms with E-state index in [-0.39, 0.29) is 4.47 Å². The predicted octanol–water partition coefficient (Wildman–Crippen LogP) is 2.80. The lowest BCUT2D eigenvalue weighted by Gasteiger charge is -2.11. The highest BCUT2D eigenvalue weighted by atomic mass is 79.9. The normalized spacial score (nSPS) is 11.7. The molecule has 21 heavy (non-hydrogen) atoms. The maximum absolute atomic E-state index is 12.3. The van der Waals surface area contributed by atoms with Gasteiger partial charge in [0.1, 0.15) is 11.0 Å². The van der Waals surface area contributed by atoms with Crippen LogP contribution in [0.4, 0.5) is 18.9 Å². The summed E-state index contributed by atoms with van der Waals surface area (Å²) in [7, 11) is 0. The largest absolute Gasteiger partial charge is 0.408 e. The molecule has 1 aromatic rings. The van der Waals surface area contributed by atoms with Crippen molar-refractivity contribution < 1.29 is 17.9 Å². The molecule has 0 amide bonds. The second-order valence-electron chi connectivity index (χ2n) is 4.34. The van der Waals surface area contributed by atoms with Gasteiger partial charge in [0.15, 0.2) is 0 Å². The summed E-state index contributed by atoms with van der Waals surface area (Å²) >= 11 is 3.00. The van der Waals surface area contributed by atoms with Gasteiger partial charge in [0, 0.05) is 19.8 Å². The van der Waals surface area contributed by atoms with E-state index in [4.69, 9.17) is 4.74 Å². The number of ether oxygens (including phenoxy) is 1. The fourth-order valence-corrected chi connectivity index (χ4v) is 1.96. The van der Waals surface area contributed by atoms with Crippen molar-refractivity contribution >= 4 is 21.6 Å². The zero-order valence-corrected chi connectivity index (χ0v) is 13.1. The molecule has 1 rings (SSSR count). The van der Waals surface area contributed by atoms with Crippen molar-refractivity contribution in [1.29, 1.82) is 0 Å². The fourth-order valence-electron chi connectivity index (χ4n) is 1.51. The zero-order valence-electron chi connectivity index (χ0n) is 11.5. The monoisotopic (exact) mass is 371 g/mol. The minimum absolute atomic E-state index is 0.0382. The number of hydrogen-bond acceptors (Lipinski definition) is 4. The van der Waals surface area contributed by atoms with E-state index in [0.717, 1.165) is 12.8 Å². The van der Waals surface area contributed by atoms with Gasteiger partial charge < -0.3 is 10.1 Å². The van der Waals surface area contributed by atoms with E-state index >= 15 is 0 Å². The van der Waals surface area contributed by atoms with Gasteiger partial charge in [-0.25, -0.2) is 4.68 Å². The van der Waals surface area contributed by atoms with Crippen molar-refractivity contribution in [3.8, 4) is 0 Å². The summed E-state index contributed by atoms with van der Waals surface area (Å²) in [6, 6.07) is 0. The Hall–Kier alpha value is -1.09. The maximum Gasteiger partial charge on any atom is 0.408 e. The molecule has 1 N–H and O–H groups in total. The molecule has 5 nitrogen and oxygen atoms in total. The van der Waals surface area contributed by atoms with Gasteiger partial charge in [-0.1, -0.05) is 6.92 Å². The van der Waals surface area contributed by atoms with Crippen LogP contribution in [0.3, 0.4) is 0 Å². The van der Waals surface area contributed by atoms with Gasteiger partial charge in [-0.05, 0) is 28.8 Å². The number of alkyl halides is 3. The number of rotatable bonds is 8. The van der Waals surface area contributed by atoms with Gasteiger partial charge in [-0.15, -0.1) is 0 Å². The van der Waals surface area contributed by atoms with E-state index in [0.29, 0.717) is 30.1 Å². The van der Waals surface area contributed by atoms with Crippen LogP contribution in [0.1, 0.15) is 19.8 Å². The minimum Gasteiger partial charge on any atom is -0.383 e. The second-order valence-corrected chi connectivity index (χ2v) is 5.14. The molecule has 0 bridgehead atoms. The standard InChI is InChI=1S/C12H17BrF3N3O2/c1-2-5-21-6-3-4-17-9-7-18-19(8-12(14,15)16)11(20)10(9)13/h7,17H,2-6,8H2,1H3. The first kappa shape index (κ1) is 18.0. The third-order valence-electron chi connectivity index (χ3n) is 2.44. The smallest absolute Gasteiger partial charge is 0.383 e. The van der Waals surface area contributed by atoms with Crippen LogP contribution < -0.4 is 10.9 Å². The van der Waals surface area contributed by atoms with Gasteiger partial charge in [-0.3, -0.25) is 4.79 Å². The molecule has 0 aliphatic carbocycles. The van der Waals surface area contributed by atoms with E-state index in [1.165, 1.54) is 6.20 Å². The molecule has 0 unspecified atom stereocenters. The first-order valence-corrected chi connectivity index (χ1v) is 7.28. The molecule has 9 heteroatoms. The van der Waals surface area contributed by atoms with Crippen LogP contribution in [-0.2, 0) is 11.3 Å². The fraction of sp³-hybridized carbons (Fsp3) is 0.667. The van der Waals surface area contributed by atoms with Gasteiger partial charge in [0.25, 0.3) is 5.56 Å². The molecule has 0 atom stereocenters. The van der Waals surface area contributed by atoms with Crippen molar-refractivity contribution in [2.45, 2.75) is 32.5 Å². The van der Waals surface area contributed by atoms with Crippen LogP contribution >= 0.6 is 15.9 Å². The van der Waals surface area contributed by atoms with Gasteiger partial charge >= 0.3 is 6.18 Å². The number of nitrogens with one attached hydrogen (secondary N) is 1. The average molecular weight is 372 g/mol. The maximum atomic E-state index is 12.3. The summed E-state index contributed by atoms with van der Waals surface area (Å²) in [4.78, 5) is 11.7. The van der Waals surface area contributed by atoms with Crippen molar-refractivity contribution in [1.82, 2.24) is 9.78 Å². The Bertz CT molecular complexity index is 506. The van der Waals surface area contributed by atoms with Crippen LogP contribution in [-0.4, -0.2) is 35.7 Å². The van der Waals surface area contributed by atoms with Crippen LogP contribution in [0.5, 0.6) is 0 Å². The third-order valence-corrected chi connectivity index (χ3v) is 3.21. The summed E-state index contributed by atoms with van der Waals surface area (Å²) in [6.45, 7) is 2.41. The van der Waals surface area contributed by atoms with Gasteiger partial charge in [0.2, 0.25) is 0 Å². The number of nitrogens with zero attached hydrogens (tertiary/aromatic N) is 2. The van der Waals surface area contributed by atoms with Gasteiger partial charge in [0.05, 0.1) is 11.9 Å². The molecular formula is C12H17BrF3N3O2. The number of hydrogen-bond donors (Lipinski definition) is 1. The van der Waals surface area contributed by atoms with Crippen LogP contribution in [0.2, 0.25) is 0 Å². The highest BCUT2D eigenvalue weighted by Crippen LogP contribution is 2.19. The Morgan fingerprint density at radius 1 is 1.43 bits per heavy atom. The molecule has 0 saturated carbocycles. The Morgan fingerprint density at radius 2 is 2.14 bits per heavy atom. The quantitative estimate of drug-likeness (QED) is 0.713. The van der Waals surface area contributed by atoms with Crippen molar-refractivity contribution in [3.05, 3.63) is 21.0 Å². The molecule has 0 fully saturated rings. The van der Waals surface area contributed by atoms with E-state index in [1.54, 1.807) is 0 Å². The molecule has 0 saturated heterocycles. The molecule has 1 aromatic heterocycles. The Kier molecular flexibility index (Phi) is 7.16. The average Bonchev–Trinajstić information content (AvgIpc) is 2.40. The molecule has 0 radical (unpaired) electrons. The van der Waals surface area contributed by atoms with Crippen molar-refractivity contribution in [2.75, 3.05) is 25.1 Å². The minimum atomic E-state index is -4.48. The molecule has 0 aromatic carbocycles. The first-order valence-electron chi connectivity index (χ1n) is 6.49. The molecule has 0 aliphatic rings. The summed E-state index contributed by atoms with van der Waals surface area (Å²) < 4.78 is 42.5. The highest BCUT2D eigenvalue weighted by Gasteiger charge is 2.29. The molecule has 120 valence electrons. The predicted molar refractivity (Wildman–Crippen MR) is 76.5 cm³/mol. The van der Waals surface area contributed by atoms with Crippen molar-refractivity contribution in [3.63, 3.8) is 0 Å². The second kappa shape index (κ2) is 8.38. The van der Waals surface area contributed by atoms with E-state index in [1.807, 2.05) is 6.92 Å². The number of anilines is 1. The Morgan fingerprint density at radius 3 is 2.76 bits per heavy atom. The van der Waals surface area contributed by atoms with Crippen molar-refractivity contribution in [2.24, 2.45) is 0 Å². The van der Waals surface area contributed by atoms with Crippen LogP contribution in [0.25, 0.3) is 0 Å². The third kappa shape index (κ3) is 6.47. The van der Waals surface area contributed by atoms with Gasteiger partial charge in [-0.2, -0.15) is 18.3 Å². The lowest BCUT2D eigenvalue weighted by atomic mass is 10.4. The van der Waals surface area contributed by atoms with Crippen LogP contribution in [0.15, 0.2) is 15.5 Å². The lowest BCUT2D eigenvalue weighted by molar-refractivity contribution is -0.143. The Labute approximate surface area is 128 Å². The summed E-state index contributed by atoms with van der Waals surface area (Å²) in [5, 5.41) is 6.45. The summed E-state index contributed by atoms with van der Waals surface area (Å²) in [5.74, 6) is 0. The van der Waals surface area contributed by atoms with E-state index < -0.39 is 18.3 Å². The Balaban J connectivity index is 2.57. The van der Waals surface area contributed by atoms with E-state index in [2.05, 4.69) is 26.3 Å². The van der Waals surface area contributed by atoms with E-state index in [9.17, 15) is 18.0 Å². The zero-order chi connectivity index (χ0) is 15.9. The number of halogens is 4. The SMILES string of the molecule is CCCOCCCNc1cnn(CC(F)(F)F)c(=O)c1Br. The topological polar surface area (TPSA) is 56.1 Å². The summed E-state index contributed by atoms with van der Waals surface area (Å²) in [5.41, 5.74) is -0.450.